The van der Waals surface area contributed by atoms with Crippen molar-refractivity contribution in [3.8, 4) is 23.0 Å². The molecule has 0 bridgehead atoms. The van der Waals surface area contributed by atoms with Crippen molar-refractivity contribution < 1.29 is 31.6 Å². The Labute approximate surface area is 233 Å². The van der Waals surface area contributed by atoms with Crippen LogP contribution < -0.4 is 23.8 Å². The monoisotopic (exact) mass is 560 g/mol. The minimum Gasteiger partial charge on any atom is -0.493 e. The number of methoxy groups -OCH3 is 2. The Kier molecular flexibility index (Phi) is 9.03. The first-order chi connectivity index (χ1) is 19.3. The van der Waals surface area contributed by atoms with Crippen LogP contribution in [0.3, 0.4) is 0 Å². The molecule has 0 saturated carbocycles. The zero-order valence-electron chi connectivity index (χ0n) is 22.2. The summed E-state index contributed by atoms with van der Waals surface area (Å²) in [4.78, 5) is 12.7. The van der Waals surface area contributed by atoms with E-state index in [0.717, 1.165) is 11.1 Å². The summed E-state index contributed by atoms with van der Waals surface area (Å²) in [6, 6.07) is 25.4. The van der Waals surface area contributed by atoms with Crippen LogP contribution in [0.5, 0.6) is 23.0 Å². The molecule has 1 amide bonds. The molecule has 0 heterocycles. The molecule has 4 rings (SSSR count). The summed E-state index contributed by atoms with van der Waals surface area (Å²) in [5.74, 6) is 0.659. The van der Waals surface area contributed by atoms with Crippen molar-refractivity contribution in [3.05, 3.63) is 113 Å². The van der Waals surface area contributed by atoms with Crippen molar-refractivity contribution in [2.24, 2.45) is 5.10 Å². The number of carbonyl (C=O) groups is 1. The second-order valence-electron chi connectivity index (χ2n) is 8.60. The molecule has 0 radical (unpaired) electrons. The molecule has 0 unspecified atom stereocenters. The highest BCUT2D eigenvalue weighted by atomic mass is 32.2. The van der Waals surface area contributed by atoms with Crippen molar-refractivity contribution in [2.75, 3.05) is 14.2 Å². The van der Waals surface area contributed by atoms with E-state index < -0.39 is 16.0 Å². The summed E-state index contributed by atoms with van der Waals surface area (Å²) in [6.07, 6.45) is 1.40. The van der Waals surface area contributed by atoms with E-state index in [1.54, 1.807) is 36.4 Å². The topological polar surface area (TPSA) is 113 Å². The summed E-state index contributed by atoms with van der Waals surface area (Å²) >= 11 is 0. The molecule has 0 aliphatic rings. The summed E-state index contributed by atoms with van der Waals surface area (Å²) in [5, 5.41) is 4.00. The summed E-state index contributed by atoms with van der Waals surface area (Å²) in [6.45, 7) is 2.22. The van der Waals surface area contributed by atoms with Gasteiger partial charge in [-0.15, -0.1) is 0 Å². The molecule has 10 heteroatoms. The molecule has 0 atom stereocenters. The number of rotatable bonds is 11. The van der Waals surface area contributed by atoms with Gasteiger partial charge in [0.2, 0.25) is 0 Å². The minimum atomic E-state index is -4.05. The van der Waals surface area contributed by atoms with Crippen LogP contribution in [0.25, 0.3) is 0 Å². The second kappa shape index (κ2) is 12.8. The third kappa shape index (κ3) is 7.17. The highest BCUT2D eigenvalue weighted by Crippen LogP contribution is 2.31. The third-order valence-electron chi connectivity index (χ3n) is 5.74. The van der Waals surface area contributed by atoms with E-state index in [4.69, 9.17) is 18.4 Å². The van der Waals surface area contributed by atoms with Gasteiger partial charge >= 0.3 is 10.1 Å². The van der Waals surface area contributed by atoms with Gasteiger partial charge in [-0.05, 0) is 66.6 Å². The van der Waals surface area contributed by atoms with Crippen LogP contribution in [0.15, 0.2) is 101 Å². The minimum absolute atomic E-state index is 0.0194. The first-order valence-electron chi connectivity index (χ1n) is 12.2. The lowest BCUT2D eigenvalue weighted by Crippen LogP contribution is -2.17. The maximum Gasteiger partial charge on any atom is 0.339 e. The number of hydrogen-bond donors (Lipinski definition) is 1. The average molecular weight is 561 g/mol. The molecular weight excluding hydrogens is 532 g/mol. The molecule has 0 saturated heterocycles. The molecule has 0 aliphatic carbocycles. The molecule has 9 nitrogen and oxygen atoms in total. The number of nitrogens with zero attached hydrogens (tertiary/aromatic N) is 1. The van der Waals surface area contributed by atoms with E-state index in [0.29, 0.717) is 29.2 Å². The van der Waals surface area contributed by atoms with E-state index >= 15 is 0 Å². The standard InChI is InChI=1S/C30H28N2O7S/c1-21-9-13-25(14-10-21)40(34,35)39-27-15-11-23(17-28(27)36-2)19-31-32-30(33)24-12-16-26(29(18-24)37-3)38-20-22-7-5-4-6-8-22/h4-19H,20H2,1-3H3,(H,32,33)/b31-19+. The molecule has 4 aromatic carbocycles. The number of hydrazone groups is 1. The lowest BCUT2D eigenvalue weighted by molar-refractivity contribution is 0.0954. The zero-order chi connectivity index (χ0) is 28.5. The van der Waals surface area contributed by atoms with Crippen LogP contribution in [0.2, 0.25) is 0 Å². The Hall–Kier alpha value is -4.83. The van der Waals surface area contributed by atoms with Gasteiger partial charge in [-0.1, -0.05) is 48.0 Å². The predicted octanol–water partition coefficient (Wildman–Crippen LogP) is 5.12. The Bertz CT molecular complexity index is 1600. The molecule has 0 aliphatic heterocycles. The first-order valence-corrected chi connectivity index (χ1v) is 13.6. The van der Waals surface area contributed by atoms with Crippen molar-refractivity contribution in [1.82, 2.24) is 5.43 Å². The molecule has 40 heavy (non-hydrogen) atoms. The third-order valence-corrected chi connectivity index (χ3v) is 6.99. The predicted molar refractivity (Wildman–Crippen MR) is 151 cm³/mol. The van der Waals surface area contributed by atoms with Crippen LogP contribution >= 0.6 is 0 Å². The van der Waals surface area contributed by atoms with Crippen LogP contribution in [0, 0.1) is 6.92 Å². The van der Waals surface area contributed by atoms with Crippen LogP contribution in [0.4, 0.5) is 0 Å². The summed E-state index contributed by atoms with van der Waals surface area (Å²) in [7, 11) is -1.16. The fraction of sp³-hybridized carbons (Fsp3) is 0.133. The van der Waals surface area contributed by atoms with Crippen molar-refractivity contribution >= 4 is 22.2 Å². The molecule has 0 fully saturated rings. The van der Waals surface area contributed by atoms with Gasteiger partial charge in [0.25, 0.3) is 5.91 Å². The molecule has 1 N–H and O–H groups in total. The van der Waals surface area contributed by atoms with Gasteiger partial charge in [0.15, 0.2) is 23.0 Å². The van der Waals surface area contributed by atoms with Crippen LogP contribution in [-0.2, 0) is 16.7 Å². The normalized spacial score (nSPS) is 11.2. The lowest BCUT2D eigenvalue weighted by Gasteiger charge is -2.12. The number of nitrogens with one attached hydrogen (secondary N) is 1. The lowest BCUT2D eigenvalue weighted by atomic mass is 10.2. The number of benzene rings is 4. The van der Waals surface area contributed by atoms with Crippen LogP contribution in [-0.4, -0.2) is 34.8 Å². The Balaban J connectivity index is 1.40. The van der Waals surface area contributed by atoms with E-state index in [1.165, 1.54) is 44.7 Å². The molecule has 0 aromatic heterocycles. The Morgan fingerprint density at radius 2 is 1.50 bits per heavy atom. The van der Waals surface area contributed by atoms with Gasteiger partial charge in [-0.3, -0.25) is 4.79 Å². The summed E-state index contributed by atoms with van der Waals surface area (Å²) < 4.78 is 47.1. The van der Waals surface area contributed by atoms with E-state index in [-0.39, 0.29) is 16.4 Å². The highest BCUT2D eigenvalue weighted by Gasteiger charge is 2.19. The van der Waals surface area contributed by atoms with Gasteiger partial charge in [-0.2, -0.15) is 13.5 Å². The first kappa shape index (κ1) is 28.2. The average Bonchev–Trinajstić information content (AvgIpc) is 2.97. The fourth-order valence-electron chi connectivity index (χ4n) is 3.60. The smallest absolute Gasteiger partial charge is 0.339 e. The molecule has 0 spiro atoms. The van der Waals surface area contributed by atoms with Crippen molar-refractivity contribution in [3.63, 3.8) is 0 Å². The maximum atomic E-state index is 12.7. The van der Waals surface area contributed by atoms with E-state index in [9.17, 15) is 13.2 Å². The van der Waals surface area contributed by atoms with Gasteiger partial charge in [0, 0.05) is 5.56 Å². The number of aryl methyl sites for hydroxylation is 1. The largest absolute Gasteiger partial charge is 0.493 e. The van der Waals surface area contributed by atoms with Crippen LogP contribution in [0.1, 0.15) is 27.0 Å². The number of amides is 1. The Morgan fingerprint density at radius 3 is 2.20 bits per heavy atom. The number of ether oxygens (including phenoxy) is 3. The SMILES string of the molecule is COc1cc(C(=O)N/N=C/c2ccc(OS(=O)(=O)c3ccc(C)cc3)c(OC)c2)ccc1OCc1ccccc1. The zero-order valence-corrected chi connectivity index (χ0v) is 23.0. The quantitative estimate of drug-likeness (QED) is 0.154. The molecular formula is C30H28N2O7S. The Morgan fingerprint density at radius 1 is 0.825 bits per heavy atom. The summed E-state index contributed by atoms with van der Waals surface area (Å²) in [5.41, 5.74) is 5.25. The molecule has 4 aromatic rings. The molecule has 206 valence electrons. The van der Waals surface area contributed by atoms with Gasteiger partial charge in [-0.25, -0.2) is 5.43 Å². The highest BCUT2D eigenvalue weighted by molar-refractivity contribution is 7.87. The van der Waals surface area contributed by atoms with Crippen molar-refractivity contribution in [2.45, 2.75) is 18.4 Å². The van der Waals surface area contributed by atoms with E-state index in [1.807, 2.05) is 37.3 Å². The maximum absolute atomic E-state index is 12.7. The van der Waals surface area contributed by atoms with Gasteiger partial charge < -0.3 is 18.4 Å². The van der Waals surface area contributed by atoms with Crippen molar-refractivity contribution in [1.29, 1.82) is 0 Å². The van der Waals surface area contributed by atoms with Gasteiger partial charge in [0.05, 0.1) is 20.4 Å². The number of hydrogen-bond acceptors (Lipinski definition) is 8. The van der Waals surface area contributed by atoms with E-state index in [2.05, 4.69) is 10.5 Å². The second-order valence-corrected chi connectivity index (χ2v) is 10.1. The fourth-order valence-corrected chi connectivity index (χ4v) is 4.54. The van der Waals surface area contributed by atoms with Gasteiger partial charge in [0.1, 0.15) is 11.5 Å². The number of carbonyl (C=O) groups excluding carboxylic acids is 1.